The average Bonchev–Trinajstić information content (AvgIpc) is 2.67. The molecule has 1 aliphatic rings. The van der Waals surface area contributed by atoms with Crippen molar-refractivity contribution < 1.29 is 14.2 Å². The molecule has 148 valence electrons. The Hall–Kier alpha value is -1.99. The van der Waals surface area contributed by atoms with Crippen molar-refractivity contribution in [1.29, 1.82) is 0 Å². The second kappa shape index (κ2) is 8.17. The lowest BCUT2D eigenvalue weighted by molar-refractivity contribution is 0.103. The molecule has 0 radical (unpaired) electrons. The number of benzene rings is 2. The molecule has 2 aromatic carbocycles. The molecule has 1 aliphatic carbocycles. The van der Waals surface area contributed by atoms with Crippen LogP contribution in [-0.2, 0) is 4.57 Å². The average molecular weight is 396 g/mol. The number of hydrogen-bond acceptors (Lipinski definition) is 3. The number of carbonyl (C=O) groups is 2. The lowest BCUT2D eigenvalue weighted by Gasteiger charge is -2.30. The van der Waals surface area contributed by atoms with E-state index >= 15 is 0 Å². The van der Waals surface area contributed by atoms with Gasteiger partial charge in [0.25, 0.3) is 0 Å². The van der Waals surface area contributed by atoms with Gasteiger partial charge < -0.3 is 4.57 Å². The Morgan fingerprint density at radius 2 is 1.07 bits per heavy atom. The van der Waals surface area contributed by atoms with Gasteiger partial charge in [0.05, 0.1) is 0 Å². The molecule has 3 rings (SSSR count). The van der Waals surface area contributed by atoms with Crippen LogP contribution in [0.4, 0.5) is 0 Å². The minimum atomic E-state index is -3.81. The molecule has 0 amide bonds. The van der Waals surface area contributed by atoms with Crippen molar-refractivity contribution in [3.05, 3.63) is 69.8 Å². The van der Waals surface area contributed by atoms with Gasteiger partial charge in [-0.05, 0) is 62.8 Å². The van der Waals surface area contributed by atoms with Gasteiger partial charge in [-0.25, -0.2) is 0 Å². The molecule has 0 heterocycles. The van der Waals surface area contributed by atoms with Crippen LogP contribution < -0.4 is 0 Å². The number of rotatable bonds is 5. The van der Waals surface area contributed by atoms with E-state index in [2.05, 4.69) is 0 Å². The maximum Gasteiger partial charge on any atom is 0.229 e. The molecule has 1 saturated carbocycles. The van der Waals surface area contributed by atoms with E-state index in [1.165, 1.54) is 0 Å². The molecule has 0 atom stereocenters. The van der Waals surface area contributed by atoms with E-state index in [1.807, 2.05) is 64.1 Å². The molecule has 2 aromatic rings. The van der Waals surface area contributed by atoms with E-state index in [0.717, 1.165) is 41.5 Å². The Morgan fingerprint density at radius 1 is 0.714 bits per heavy atom. The second-order valence-corrected chi connectivity index (χ2v) is 11.0. The lowest BCUT2D eigenvalue weighted by Crippen LogP contribution is -2.25. The van der Waals surface area contributed by atoms with Crippen LogP contribution in [0.5, 0.6) is 0 Å². The summed E-state index contributed by atoms with van der Waals surface area (Å²) in [6.07, 6.45) is 4.30. The molecule has 0 aliphatic heterocycles. The zero-order chi connectivity index (χ0) is 20.5. The first kappa shape index (κ1) is 20.7. The van der Waals surface area contributed by atoms with Gasteiger partial charge in [0, 0.05) is 16.8 Å². The van der Waals surface area contributed by atoms with Crippen molar-refractivity contribution in [2.24, 2.45) is 0 Å². The van der Waals surface area contributed by atoms with Crippen LogP contribution in [0.15, 0.2) is 36.4 Å². The maximum atomic E-state index is 14.5. The third kappa shape index (κ3) is 3.53. The van der Waals surface area contributed by atoms with Crippen LogP contribution in [0.3, 0.4) is 0 Å². The Morgan fingerprint density at radius 3 is 1.43 bits per heavy atom. The van der Waals surface area contributed by atoms with Crippen molar-refractivity contribution in [3.8, 4) is 0 Å². The van der Waals surface area contributed by atoms with Gasteiger partial charge in [-0.15, -0.1) is 0 Å². The smallest absolute Gasteiger partial charge is 0.229 e. The molecule has 0 spiro atoms. The predicted octanol–water partition coefficient (Wildman–Crippen LogP) is 6.60. The molecule has 0 saturated heterocycles. The summed E-state index contributed by atoms with van der Waals surface area (Å²) in [4.78, 5) is 27.5. The summed E-state index contributed by atoms with van der Waals surface area (Å²) in [5.41, 5.74) is 2.85. The van der Waals surface area contributed by atoms with Gasteiger partial charge in [-0.1, -0.05) is 55.7 Å². The van der Waals surface area contributed by atoms with Crippen LogP contribution in [0.1, 0.15) is 75.1 Å². The fourth-order valence-corrected chi connectivity index (χ4v) is 7.81. The third-order valence-electron chi connectivity index (χ3n) is 6.08. The summed E-state index contributed by atoms with van der Waals surface area (Å²) in [7, 11) is -3.81. The van der Waals surface area contributed by atoms with E-state index in [0.29, 0.717) is 24.0 Å². The molecule has 4 heteroatoms. The second-order valence-electron chi connectivity index (χ2n) is 8.09. The standard InChI is InChI=1S/C24H29O3P/c1-16-10-8-11-17(2)21(16)23(25)28(27,20-14-6-5-7-15-20)24(26)22-18(3)12-9-13-19(22)4/h8-13,20H,5-7,14-15H2,1-4H3. The van der Waals surface area contributed by atoms with Gasteiger partial charge in [0.2, 0.25) is 18.2 Å². The van der Waals surface area contributed by atoms with Crippen molar-refractivity contribution in [2.45, 2.75) is 65.5 Å². The highest BCUT2D eigenvalue weighted by atomic mass is 31.2. The molecular formula is C24H29O3P. The van der Waals surface area contributed by atoms with E-state index in [4.69, 9.17) is 0 Å². The third-order valence-corrected chi connectivity index (χ3v) is 9.28. The summed E-state index contributed by atoms with van der Waals surface area (Å²) >= 11 is 0. The first-order chi connectivity index (χ1) is 13.3. The van der Waals surface area contributed by atoms with Crippen LogP contribution >= 0.6 is 7.14 Å². The van der Waals surface area contributed by atoms with E-state index in [9.17, 15) is 14.2 Å². The fraction of sp³-hybridized carbons (Fsp3) is 0.417. The molecule has 0 aromatic heterocycles. The number of carbonyl (C=O) groups excluding carboxylic acids is 2. The van der Waals surface area contributed by atoms with Crippen molar-refractivity contribution in [1.82, 2.24) is 0 Å². The molecule has 1 fully saturated rings. The van der Waals surface area contributed by atoms with Crippen molar-refractivity contribution in [2.75, 3.05) is 0 Å². The first-order valence-electron chi connectivity index (χ1n) is 10.1. The zero-order valence-electron chi connectivity index (χ0n) is 17.2. The van der Waals surface area contributed by atoms with Gasteiger partial charge in [-0.3, -0.25) is 9.59 Å². The minimum absolute atomic E-state index is 0.348. The van der Waals surface area contributed by atoms with Crippen LogP contribution in [0, 0.1) is 27.7 Å². The van der Waals surface area contributed by atoms with E-state index < -0.39 is 18.2 Å². The quantitative estimate of drug-likeness (QED) is 0.535. The topological polar surface area (TPSA) is 51.2 Å². The van der Waals surface area contributed by atoms with Crippen LogP contribution in [-0.4, -0.2) is 16.7 Å². The van der Waals surface area contributed by atoms with Crippen LogP contribution in [0.25, 0.3) is 0 Å². The number of aryl methyl sites for hydroxylation is 4. The highest BCUT2D eigenvalue weighted by Gasteiger charge is 2.48. The Bertz CT molecular complexity index is 860. The van der Waals surface area contributed by atoms with Crippen LogP contribution in [0.2, 0.25) is 0 Å². The molecular weight excluding hydrogens is 367 g/mol. The molecule has 3 nitrogen and oxygen atoms in total. The van der Waals surface area contributed by atoms with Gasteiger partial charge >= 0.3 is 0 Å². The fourth-order valence-electron chi connectivity index (χ4n) is 4.50. The highest BCUT2D eigenvalue weighted by molar-refractivity contribution is 7.96. The van der Waals surface area contributed by atoms with Crippen molar-refractivity contribution >= 4 is 18.2 Å². The summed E-state index contributed by atoms with van der Waals surface area (Å²) in [5, 5.41) is 0. The predicted molar refractivity (Wildman–Crippen MR) is 115 cm³/mol. The van der Waals surface area contributed by atoms with Crippen molar-refractivity contribution in [3.63, 3.8) is 0 Å². The Balaban J connectivity index is 2.20. The SMILES string of the molecule is Cc1cccc(C)c1C(=O)P(=O)(C(=O)c1c(C)cccc1C)C1CCCCC1. The molecule has 0 N–H and O–H groups in total. The Labute approximate surface area is 167 Å². The summed E-state index contributed by atoms with van der Waals surface area (Å²) in [5.74, 6) is 0. The molecule has 28 heavy (non-hydrogen) atoms. The zero-order valence-corrected chi connectivity index (χ0v) is 18.1. The normalized spacial score (nSPS) is 15.4. The van der Waals surface area contributed by atoms with Gasteiger partial charge in [0.15, 0.2) is 0 Å². The summed E-state index contributed by atoms with van der Waals surface area (Å²) in [6.45, 7) is 7.42. The minimum Gasteiger partial charge on any atom is -0.306 e. The maximum absolute atomic E-state index is 14.5. The first-order valence-corrected chi connectivity index (χ1v) is 11.9. The van der Waals surface area contributed by atoms with E-state index in [1.54, 1.807) is 0 Å². The van der Waals surface area contributed by atoms with Gasteiger partial charge in [0.1, 0.15) is 0 Å². The summed E-state index contributed by atoms with van der Waals surface area (Å²) in [6, 6.07) is 11.2. The summed E-state index contributed by atoms with van der Waals surface area (Å²) < 4.78 is 14.5. The highest BCUT2D eigenvalue weighted by Crippen LogP contribution is 2.61. The lowest BCUT2D eigenvalue weighted by atomic mass is 10.0. The Kier molecular flexibility index (Phi) is 6.05. The molecule has 0 unspecified atom stereocenters. The molecule has 0 bridgehead atoms. The monoisotopic (exact) mass is 396 g/mol. The number of hydrogen-bond donors (Lipinski definition) is 0. The largest absolute Gasteiger partial charge is 0.306 e. The van der Waals surface area contributed by atoms with E-state index in [-0.39, 0.29) is 5.66 Å². The van der Waals surface area contributed by atoms with Gasteiger partial charge in [-0.2, -0.15) is 0 Å².